The fourth-order valence-corrected chi connectivity index (χ4v) is 1.61. The second-order valence-electron chi connectivity index (χ2n) is 5.26. The Hall–Kier alpha value is -0.770. The summed E-state index contributed by atoms with van der Waals surface area (Å²) in [5.41, 5.74) is 6.91. The first-order valence-electron chi connectivity index (χ1n) is 6.08. The molecule has 0 amide bonds. The van der Waals surface area contributed by atoms with Crippen LogP contribution in [0.15, 0.2) is 24.3 Å². The molecule has 0 saturated carbocycles. The van der Waals surface area contributed by atoms with E-state index in [-0.39, 0.29) is 30.7 Å². The number of hydrogen-bond acceptors (Lipinski definition) is 3. The maximum atomic E-state index is 8.76. The number of rotatable bonds is 5. The minimum Gasteiger partial charge on any atom is -0.488 e. The van der Waals surface area contributed by atoms with Gasteiger partial charge in [-0.25, -0.2) is 0 Å². The van der Waals surface area contributed by atoms with E-state index in [0.29, 0.717) is 0 Å². The van der Waals surface area contributed by atoms with Crippen LogP contribution in [0.1, 0.15) is 45.2 Å². The summed E-state index contributed by atoms with van der Waals surface area (Å²) in [5, 5.41) is 8.76. The maximum absolute atomic E-state index is 8.76. The molecule has 0 fully saturated rings. The van der Waals surface area contributed by atoms with Crippen molar-refractivity contribution in [3.05, 3.63) is 29.8 Å². The first-order valence-corrected chi connectivity index (χ1v) is 6.08. The van der Waals surface area contributed by atoms with E-state index in [0.717, 1.165) is 24.2 Å². The van der Waals surface area contributed by atoms with E-state index in [4.69, 9.17) is 15.6 Å². The second-order valence-corrected chi connectivity index (χ2v) is 5.26. The summed E-state index contributed by atoms with van der Waals surface area (Å²) >= 11 is 0. The normalized spacial score (nSPS) is 12.7. The van der Waals surface area contributed by atoms with Crippen LogP contribution in [-0.2, 0) is 0 Å². The Kier molecular flexibility index (Phi) is 7.29. The van der Waals surface area contributed by atoms with E-state index in [1.165, 1.54) is 0 Å². The van der Waals surface area contributed by atoms with Gasteiger partial charge in [0, 0.05) is 12.6 Å². The van der Waals surface area contributed by atoms with Crippen molar-refractivity contribution in [1.29, 1.82) is 0 Å². The van der Waals surface area contributed by atoms with Crippen molar-refractivity contribution in [3.63, 3.8) is 0 Å². The maximum Gasteiger partial charge on any atom is 0.120 e. The monoisotopic (exact) mass is 273 g/mol. The Bertz CT molecular complexity index is 333. The van der Waals surface area contributed by atoms with Crippen LogP contribution in [-0.4, -0.2) is 17.3 Å². The lowest BCUT2D eigenvalue weighted by Crippen LogP contribution is -2.22. The summed E-state index contributed by atoms with van der Waals surface area (Å²) in [6, 6.07) is 7.86. The SMILES string of the molecule is CC(C)(C)Oc1ccc([C@@H](N)CCCO)cc1.Cl. The van der Waals surface area contributed by atoms with Crippen molar-refractivity contribution in [3.8, 4) is 5.75 Å². The summed E-state index contributed by atoms with van der Waals surface area (Å²) in [4.78, 5) is 0. The largest absolute Gasteiger partial charge is 0.488 e. The van der Waals surface area contributed by atoms with Crippen LogP contribution in [0.2, 0.25) is 0 Å². The summed E-state index contributed by atoms with van der Waals surface area (Å²) < 4.78 is 5.74. The number of benzene rings is 1. The molecular formula is C14H24ClNO2. The first kappa shape index (κ1) is 17.2. The zero-order valence-corrected chi connectivity index (χ0v) is 12.2. The van der Waals surface area contributed by atoms with Crippen molar-refractivity contribution in [2.24, 2.45) is 5.73 Å². The fourth-order valence-electron chi connectivity index (χ4n) is 1.61. The molecular weight excluding hydrogens is 250 g/mol. The summed E-state index contributed by atoms with van der Waals surface area (Å²) in [5.74, 6) is 0.857. The Morgan fingerprint density at radius 1 is 1.22 bits per heavy atom. The van der Waals surface area contributed by atoms with Crippen LogP contribution < -0.4 is 10.5 Å². The van der Waals surface area contributed by atoms with Crippen LogP contribution in [0.25, 0.3) is 0 Å². The molecule has 3 nitrogen and oxygen atoms in total. The van der Waals surface area contributed by atoms with E-state index < -0.39 is 0 Å². The van der Waals surface area contributed by atoms with Crippen molar-refractivity contribution < 1.29 is 9.84 Å². The van der Waals surface area contributed by atoms with Crippen LogP contribution in [0.3, 0.4) is 0 Å². The minimum atomic E-state index is -0.180. The number of halogens is 1. The standard InChI is InChI=1S/C14H23NO2.ClH/c1-14(2,3)17-12-8-6-11(7-9-12)13(15)5-4-10-16;/h6-9,13,16H,4-5,10,15H2,1-3H3;1H/t13-;/m0./s1. The molecule has 0 aromatic heterocycles. The molecule has 0 bridgehead atoms. The van der Waals surface area contributed by atoms with Gasteiger partial charge in [0.15, 0.2) is 0 Å². The first-order chi connectivity index (χ1) is 7.92. The van der Waals surface area contributed by atoms with Crippen molar-refractivity contribution in [2.75, 3.05) is 6.61 Å². The third-order valence-corrected chi connectivity index (χ3v) is 2.41. The molecule has 0 heterocycles. The second kappa shape index (κ2) is 7.62. The number of aliphatic hydroxyl groups excluding tert-OH is 1. The number of aliphatic hydroxyl groups is 1. The van der Waals surface area contributed by atoms with Gasteiger partial charge in [-0.2, -0.15) is 0 Å². The molecule has 0 aliphatic rings. The van der Waals surface area contributed by atoms with Crippen LogP contribution in [0.4, 0.5) is 0 Å². The van der Waals surface area contributed by atoms with Crippen molar-refractivity contribution in [2.45, 2.75) is 45.3 Å². The third-order valence-electron chi connectivity index (χ3n) is 2.41. The number of hydrogen-bond donors (Lipinski definition) is 2. The highest BCUT2D eigenvalue weighted by atomic mass is 35.5. The van der Waals surface area contributed by atoms with Crippen LogP contribution >= 0.6 is 12.4 Å². The van der Waals surface area contributed by atoms with Gasteiger partial charge in [0.1, 0.15) is 11.4 Å². The fraction of sp³-hybridized carbons (Fsp3) is 0.571. The van der Waals surface area contributed by atoms with E-state index in [1.54, 1.807) is 0 Å². The molecule has 0 aliphatic heterocycles. The van der Waals surface area contributed by atoms with E-state index in [1.807, 2.05) is 45.0 Å². The summed E-state index contributed by atoms with van der Waals surface area (Å²) in [7, 11) is 0. The predicted molar refractivity (Wildman–Crippen MR) is 77.3 cm³/mol. The molecule has 1 aromatic carbocycles. The zero-order valence-electron chi connectivity index (χ0n) is 11.3. The third kappa shape index (κ3) is 6.24. The molecule has 1 rings (SSSR count). The van der Waals surface area contributed by atoms with E-state index >= 15 is 0 Å². The Morgan fingerprint density at radius 3 is 2.22 bits per heavy atom. The summed E-state index contributed by atoms with van der Waals surface area (Å²) in [6.07, 6.45) is 1.54. The van der Waals surface area contributed by atoms with Gasteiger partial charge < -0.3 is 15.6 Å². The van der Waals surface area contributed by atoms with Gasteiger partial charge in [0.2, 0.25) is 0 Å². The summed E-state index contributed by atoms with van der Waals surface area (Å²) in [6.45, 7) is 6.26. The quantitative estimate of drug-likeness (QED) is 0.867. The highest BCUT2D eigenvalue weighted by Gasteiger charge is 2.12. The minimum absolute atomic E-state index is 0. The molecule has 0 aliphatic carbocycles. The molecule has 1 atom stereocenters. The average molecular weight is 274 g/mol. The Labute approximate surface area is 116 Å². The molecule has 104 valence electrons. The average Bonchev–Trinajstić information content (AvgIpc) is 2.24. The van der Waals surface area contributed by atoms with Crippen molar-refractivity contribution in [1.82, 2.24) is 0 Å². The zero-order chi connectivity index (χ0) is 12.9. The van der Waals surface area contributed by atoms with Gasteiger partial charge >= 0.3 is 0 Å². The molecule has 18 heavy (non-hydrogen) atoms. The lowest BCUT2D eigenvalue weighted by atomic mass is 10.0. The van der Waals surface area contributed by atoms with E-state index in [9.17, 15) is 0 Å². The lowest BCUT2D eigenvalue weighted by Gasteiger charge is -2.21. The number of nitrogens with two attached hydrogens (primary N) is 1. The Morgan fingerprint density at radius 2 is 1.78 bits per heavy atom. The molecule has 0 spiro atoms. The number of ether oxygens (including phenoxy) is 1. The topological polar surface area (TPSA) is 55.5 Å². The highest BCUT2D eigenvalue weighted by Crippen LogP contribution is 2.22. The molecule has 3 N–H and O–H groups in total. The predicted octanol–water partition coefficient (Wildman–Crippen LogP) is 3.06. The van der Waals surface area contributed by atoms with Gasteiger partial charge in [-0.05, 0) is 51.3 Å². The molecule has 0 unspecified atom stereocenters. The van der Waals surface area contributed by atoms with Crippen LogP contribution in [0.5, 0.6) is 5.75 Å². The molecule has 0 saturated heterocycles. The lowest BCUT2D eigenvalue weighted by molar-refractivity contribution is 0.131. The van der Waals surface area contributed by atoms with E-state index in [2.05, 4.69) is 0 Å². The van der Waals surface area contributed by atoms with Gasteiger partial charge in [-0.15, -0.1) is 12.4 Å². The van der Waals surface area contributed by atoms with Gasteiger partial charge in [0.05, 0.1) is 0 Å². The molecule has 0 radical (unpaired) electrons. The van der Waals surface area contributed by atoms with Crippen LogP contribution in [0, 0.1) is 0 Å². The van der Waals surface area contributed by atoms with Crippen molar-refractivity contribution >= 4 is 12.4 Å². The molecule has 1 aromatic rings. The van der Waals surface area contributed by atoms with Gasteiger partial charge in [-0.1, -0.05) is 12.1 Å². The van der Waals surface area contributed by atoms with Gasteiger partial charge in [0.25, 0.3) is 0 Å². The highest BCUT2D eigenvalue weighted by molar-refractivity contribution is 5.85. The van der Waals surface area contributed by atoms with Gasteiger partial charge in [-0.3, -0.25) is 0 Å². The smallest absolute Gasteiger partial charge is 0.120 e. The Balaban J connectivity index is 0.00000289. The molecule has 4 heteroatoms.